The number of carbonyl (C=O) groups excluding carboxylic acids is 1. The average molecular weight is 450 g/mol. The number of anilines is 1. The number of carbonyl (C=O) groups is 1. The first-order valence-corrected chi connectivity index (χ1v) is 10.4. The fourth-order valence-electron chi connectivity index (χ4n) is 3.59. The molecule has 1 aromatic carbocycles. The van der Waals surface area contributed by atoms with Gasteiger partial charge in [-0.3, -0.25) is 4.99 Å². The lowest BCUT2D eigenvalue weighted by atomic mass is 10.1. The summed E-state index contributed by atoms with van der Waals surface area (Å²) < 4.78 is 9.22. The number of aliphatic carboxylic acids is 1. The summed E-state index contributed by atoms with van der Waals surface area (Å²) in [7, 11) is 3.50. The largest absolute Gasteiger partial charge is 0.550 e. The first kappa shape index (κ1) is 23.7. The minimum Gasteiger partial charge on any atom is -0.550 e. The van der Waals surface area contributed by atoms with Gasteiger partial charge in [0.25, 0.3) is 0 Å². The first-order chi connectivity index (χ1) is 16.0. The highest BCUT2D eigenvalue weighted by molar-refractivity contribution is 5.92. The standard InChI is InChI=1S/C22H24N5O2.C2H4O2/c1-23-22-20(15-25-27(22)11-12-28)24-14-17-13-18-5-3-4-10-26(18)21(17)16-6-8-19(29-2)9-7-16;1-2(3)4/h3-10,14-15,23,28H,11-13H2,1-2H3;1H3,(H,3,4)/q+1;/p-1/b24-14+;. The van der Waals surface area contributed by atoms with Crippen molar-refractivity contribution in [2.45, 2.75) is 19.9 Å². The van der Waals surface area contributed by atoms with Gasteiger partial charge in [0.2, 0.25) is 5.70 Å². The second-order valence-corrected chi connectivity index (χ2v) is 7.17. The number of pyridine rings is 1. The van der Waals surface area contributed by atoms with Crippen molar-refractivity contribution in [3.8, 4) is 5.75 Å². The Labute approximate surface area is 192 Å². The van der Waals surface area contributed by atoms with Crippen molar-refractivity contribution in [3.05, 3.63) is 71.7 Å². The van der Waals surface area contributed by atoms with E-state index in [0.29, 0.717) is 6.54 Å². The zero-order chi connectivity index (χ0) is 23.8. The monoisotopic (exact) mass is 449 g/mol. The number of benzene rings is 1. The molecule has 4 rings (SSSR count). The maximum absolute atomic E-state index is 9.20. The van der Waals surface area contributed by atoms with E-state index in [1.165, 1.54) is 5.69 Å². The van der Waals surface area contributed by atoms with Gasteiger partial charge < -0.3 is 25.1 Å². The van der Waals surface area contributed by atoms with Crippen LogP contribution in [0.5, 0.6) is 5.75 Å². The third-order valence-corrected chi connectivity index (χ3v) is 4.95. The van der Waals surface area contributed by atoms with Crippen LogP contribution in [-0.2, 0) is 17.8 Å². The Kier molecular flexibility index (Phi) is 7.93. The molecule has 2 aromatic heterocycles. The van der Waals surface area contributed by atoms with Gasteiger partial charge >= 0.3 is 0 Å². The van der Waals surface area contributed by atoms with Gasteiger partial charge in [-0.2, -0.15) is 9.67 Å². The van der Waals surface area contributed by atoms with E-state index >= 15 is 0 Å². The number of aliphatic hydroxyl groups excluding tert-OH is 1. The second-order valence-electron chi connectivity index (χ2n) is 7.17. The Morgan fingerprint density at radius 3 is 2.70 bits per heavy atom. The number of nitrogens with zero attached hydrogens (tertiary/aromatic N) is 4. The summed E-state index contributed by atoms with van der Waals surface area (Å²) in [5, 5.41) is 25.5. The zero-order valence-electron chi connectivity index (χ0n) is 18.9. The third kappa shape index (κ3) is 5.64. The number of nitrogens with one attached hydrogen (secondary N) is 1. The van der Waals surface area contributed by atoms with E-state index in [2.05, 4.69) is 45.4 Å². The molecule has 0 amide bonds. The van der Waals surface area contributed by atoms with Gasteiger partial charge in [0, 0.05) is 36.9 Å². The molecule has 9 nitrogen and oxygen atoms in total. The van der Waals surface area contributed by atoms with Crippen molar-refractivity contribution >= 4 is 29.4 Å². The maximum Gasteiger partial charge on any atom is 0.223 e. The summed E-state index contributed by atoms with van der Waals surface area (Å²) in [6.45, 7) is 1.42. The Balaban J connectivity index is 0.000000709. The molecular formula is C24H27N5O4. The minimum absolute atomic E-state index is 0.0260. The second kappa shape index (κ2) is 11.1. The van der Waals surface area contributed by atoms with E-state index in [9.17, 15) is 5.11 Å². The van der Waals surface area contributed by atoms with Gasteiger partial charge in [0.1, 0.15) is 17.3 Å². The molecule has 0 saturated heterocycles. The van der Waals surface area contributed by atoms with Crippen molar-refractivity contribution in [2.24, 2.45) is 4.99 Å². The molecule has 2 N–H and O–H groups in total. The molecule has 0 fully saturated rings. The highest BCUT2D eigenvalue weighted by atomic mass is 16.5. The van der Waals surface area contributed by atoms with Crippen molar-refractivity contribution in [3.63, 3.8) is 0 Å². The van der Waals surface area contributed by atoms with Crippen LogP contribution in [0.2, 0.25) is 0 Å². The van der Waals surface area contributed by atoms with Gasteiger partial charge in [0.15, 0.2) is 11.9 Å². The molecule has 0 spiro atoms. The number of fused-ring (bicyclic) bond motifs is 1. The molecule has 0 aliphatic carbocycles. The number of carboxylic acids is 1. The summed E-state index contributed by atoms with van der Waals surface area (Å²) in [5.41, 5.74) is 5.29. The molecule has 9 heteroatoms. The number of allylic oxidation sites excluding steroid dienone is 1. The first-order valence-electron chi connectivity index (χ1n) is 10.4. The third-order valence-electron chi connectivity index (χ3n) is 4.95. The Morgan fingerprint density at radius 2 is 2.06 bits per heavy atom. The molecule has 0 atom stereocenters. The van der Waals surface area contributed by atoms with Crippen LogP contribution in [0.4, 0.5) is 11.5 Å². The van der Waals surface area contributed by atoms with E-state index in [-0.39, 0.29) is 6.61 Å². The van der Waals surface area contributed by atoms with E-state index < -0.39 is 5.97 Å². The van der Waals surface area contributed by atoms with Gasteiger partial charge in [-0.05, 0) is 31.2 Å². The number of carboxylic acid groups (broad SMARTS) is 1. The molecule has 0 radical (unpaired) electrons. The predicted octanol–water partition coefficient (Wildman–Crippen LogP) is 1.19. The zero-order valence-corrected chi connectivity index (χ0v) is 18.9. The summed E-state index contributed by atoms with van der Waals surface area (Å²) in [4.78, 5) is 13.6. The van der Waals surface area contributed by atoms with Crippen LogP contribution in [0, 0.1) is 0 Å². The molecule has 0 bridgehead atoms. The number of aliphatic hydroxyl groups is 1. The number of rotatable bonds is 7. The van der Waals surface area contributed by atoms with Crippen LogP contribution in [-0.4, -0.2) is 47.8 Å². The number of methoxy groups -OCH3 is 1. The minimum atomic E-state index is -1.08. The average Bonchev–Trinajstić information content (AvgIpc) is 3.38. The predicted molar refractivity (Wildman–Crippen MR) is 123 cm³/mol. The lowest BCUT2D eigenvalue weighted by Crippen LogP contribution is -2.33. The number of hydrogen-bond acceptors (Lipinski definition) is 7. The highest BCUT2D eigenvalue weighted by Gasteiger charge is 2.30. The smallest absolute Gasteiger partial charge is 0.223 e. The van der Waals surface area contributed by atoms with Gasteiger partial charge in [-0.15, -0.1) is 0 Å². The molecule has 172 valence electrons. The van der Waals surface area contributed by atoms with Crippen LogP contribution >= 0.6 is 0 Å². The van der Waals surface area contributed by atoms with Crippen LogP contribution in [0.1, 0.15) is 18.2 Å². The Hall–Kier alpha value is -3.98. The molecule has 1 aliphatic heterocycles. The fraction of sp³-hybridized carbons (Fsp3) is 0.250. The normalized spacial score (nSPS) is 12.4. The number of aliphatic imine (C=N–C) groups is 1. The fourth-order valence-corrected chi connectivity index (χ4v) is 3.59. The van der Waals surface area contributed by atoms with Gasteiger partial charge in [-0.25, -0.2) is 4.68 Å². The van der Waals surface area contributed by atoms with E-state index in [1.54, 1.807) is 18.0 Å². The highest BCUT2D eigenvalue weighted by Crippen LogP contribution is 2.28. The van der Waals surface area contributed by atoms with Gasteiger partial charge in [-0.1, -0.05) is 6.07 Å². The maximum atomic E-state index is 9.20. The lowest BCUT2D eigenvalue weighted by molar-refractivity contribution is -0.582. The summed E-state index contributed by atoms with van der Waals surface area (Å²) >= 11 is 0. The summed E-state index contributed by atoms with van der Waals surface area (Å²) in [5.74, 6) is 0.529. The SMILES string of the molecule is CC(=O)[O-].CNc1c(/N=C/C2=C(c3ccc(OC)cc3)[n+]3ccccc3C2)cnn1CCO. The van der Waals surface area contributed by atoms with Gasteiger partial charge in [0.05, 0.1) is 38.5 Å². The summed E-state index contributed by atoms with van der Waals surface area (Å²) in [6, 6.07) is 14.3. The van der Waals surface area contributed by atoms with Crippen molar-refractivity contribution in [1.29, 1.82) is 0 Å². The molecule has 1 aliphatic rings. The van der Waals surface area contributed by atoms with Crippen molar-refractivity contribution < 1.29 is 24.3 Å². The number of hydrogen-bond donors (Lipinski definition) is 2. The van der Waals surface area contributed by atoms with Crippen LogP contribution in [0.25, 0.3) is 5.70 Å². The van der Waals surface area contributed by atoms with Crippen LogP contribution in [0.15, 0.2) is 65.4 Å². The van der Waals surface area contributed by atoms with Crippen LogP contribution in [0.3, 0.4) is 0 Å². The quantitative estimate of drug-likeness (QED) is 0.414. The lowest BCUT2D eigenvalue weighted by Gasteiger charge is -2.05. The number of aromatic nitrogens is 3. The van der Waals surface area contributed by atoms with E-state index in [1.807, 2.05) is 31.5 Å². The molecule has 0 unspecified atom stereocenters. The molecule has 0 saturated carbocycles. The molecule has 3 aromatic rings. The topological polar surface area (TPSA) is 116 Å². The van der Waals surface area contributed by atoms with E-state index in [0.717, 1.165) is 47.4 Å². The van der Waals surface area contributed by atoms with Crippen molar-refractivity contribution in [2.75, 3.05) is 26.1 Å². The number of ether oxygens (including phenoxy) is 1. The van der Waals surface area contributed by atoms with Crippen LogP contribution < -0.4 is 19.7 Å². The molecule has 33 heavy (non-hydrogen) atoms. The molecular weight excluding hydrogens is 422 g/mol. The summed E-state index contributed by atoms with van der Waals surface area (Å²) in [6.07, 6.45) is 6.49. The van der Waals surface area contributed by atoms with Crippen molar-refractivity contribution in [1.82, 2.24) is 9.78 Å². The Morgan fingerprint density at radius 1 is 1.33 bits per heavy atom. The molecule has 3 heterocycles. The van der Waals surface area contributed by atoms with E-state index in [4.69, 9.17) is 19.6 Å². The Bertz CT molecular complexity index is 1160.